The van der Waals surface area contributed by atoms with E-state index in [2.05, 4.69) is 28.1 Å². The highest BCUT2D eigenvalue weighted by atomic mass is 79.9. The van der Waals surface area contributed by atoms with Gasteiger partial charge in [-0.1, -0.05) is 6.07 Å². The molecule has 1 aromatic carbocycles. The fourth-order valence-corrected chi connectivity index (χ4v) is 2.47. The molecule has 0 atom stereocenters. The maximum atomic E-state index is 5.61. The lowest BCUT2D eigenvalue weighted by Gasteiger charge is -2.19. The Morgan fingerprint density at radius 3 is 3.07 bits per heavy atom. The van der Waals surface area contributed by atoms with Gasteiger partial charge in [0.05, 0.1) is 11.1 Å². The van der Waals surface area contributed by atoms with Crippen LogP contribution in [-0.4, -0.2) is 13.2 Å². The number of hydrogen-bond donors (Lipinski definition) is 1. The van der Waals surface area contributed by atoms with Gasteiger partial charge in [0.25, 0.3) is 0 Å². The quantitative estimate of drug-likeness (QED) is 0.881. The van der Waals surface area contributed by atoms with E-state index < -0.39 is 0 Å². The molecule has 0 bridgehead atoms. The maximum absolute atomic E-state index is 5.61. The van der Waals surface area contributed by atoms with E-state index in [0.717, 1.165) is 36.1 Å². The van der Waals surface area contributed by atoms with Crippen LogP contribution in [0, 0.1) is 0 Å². The van der Waals surface area contributed by atoms with E-state index >= 15 is 0 Å². The largest absolute Gasteiger partial charge is 0.492 e. The van der Waals surface area contributed by atoms with Crippen molar-refractivity contribution in [2.24, 2.45) is 5.73 Å². The number of benzene rings is 1. The third-order valence-electron chi connectivity index (χ3n) is 2.45. The summed E-state index contributed by atoms with van der Waals surface area (Å²) in [5.74, 6) is 1.03. The first-order chi connectivity index (χ1) is 6.81. The van der Waals surface area contributed by atoms with Crippen molar-refractivity contribution in [1.82, 2.24) is 0 Å². The summed E-state index contributed by atoms with van der Waals surface area (Å²) in [7, 11) is 0. The van der Waals surface area contributed by atoms with Crippen LogP contribution in [0.4, 0.5) is 0 Å². The number of rotatable bonds is 2. The molecule has 0 amide bonds. The molecule has 0 saturated heterocycles. The van der Waals surface area contributed by atoms with Gasteiger partial charge in [0.1, 0.15) is 5.75 Å². The topological polar surface area (TPSA) is 35.2 Å². The highest BCUT2D eigenvalue weighted by Crippen LogP contribution is 2.34. The van der Waals surface area contributed by atoms with Gasteiger partial charge >= 0.3 is 0 Å². The summed E-state index contributed by atoms with van der Waals surface area (Å²) in [6.45, 7) is 1.54. The molecule has 1 aromatic rings. The first-order valence-corrected chi connectivity index (χ1v) is 5.74. The fourth-order valence-electron chi connectivity index (χ4n) is 1.81. The van der Waals surface area contributed by atoms with Gasteiger partial charge in [-0.3, -0.25) is 0 Å². The molecule has 0 aliphatic carbocycles. The minimum atomic E-state index is 0.700. The van der Waals surface area contributed by atoms with Gasteiger partial charge in [-0.2, -0.15) is 0 Å². The van der Waals surface area contributed by atoms with E-state index in [4.69, 9.17) is 10.5 Å². The van der Waals surface area contributed by atoms with Gasteiger partial charge < -0.3 is 10.5 Å². The van der Waals surface area contributed by atoms with Gasteiger partial charge in [-0.25, -0.2) is 0 Å². The van der Waals surface area contributed by atoms with E-state index in [9.17, 15) is 0 Å². The fraction of sp³-hybridized carbons (Fsp3) is 0.455. The van der Waals surface area contributed by atoms with Crippen LogP contribution in [0.3, 0.4) is 0 Å². The van der Waals surface area contributed by atoms with Crippen LogP contribution in [0.15, 0.2) is 16.6 Å². The zero-order valence-electron chi connectivity index (χ0n) is 8.05. The second kappa shape index (κ2) is 4.32. The number of fused-ring (bicyclic) bond motifs is 1. The van der Waals surface area contributed by atoms with E-state index in [1.165, 1.54) is 11.1 Å². The Morgan fingerprint density at radius 1 is 1.43 bits per heavy atom. The number of ether oxygens (including phenoxy) is 1. The lowest BCUT2D eigenvalue weighted by molar-refractivity contribution is 0.286. The molecule has 2 nitrogen and oxygen atoms in total. The average molecular weight is 256 g/mol. The standard InChI is InChI=1S/C11H14BrNO/c12-10-7-8(3-4-13)6-9-2-1-5-14-11(9)10/h6-7H,1-5,13H2. The number of halogens is 1. The van der Waals surface area contributed by atoms with Crippen molar-refractivity contribution in [3.8, 4) is 5.75 Å². The van der Waals surface area contributed by atoms with Crippen LogP contribution in [0.5, 0.6) is 5.75 Å². The molecule has 76 valence electrons. The van der Waals surface area contributed by atoms with Crippen LogP contribution in [0.1, 0.15) is 17.5 Å². The monoisotopic (exact) mass is 255 g/mol. The first kappa shape index (κ1) is 9.99. The lowest BCUT2D eigenvalue weighted by atomic mass is 10.0. The molecule has 0 spiro atoms. The van der Waals surface area contributed by atoms with E-state index in [1.54, 1.807) is 0 Å². The van der Waals surface area contributed by atoms with Crippen LogP contribution in [0.2, 0.25) is 0 Å². The van der Waals surface area contributed by atoms with Gasteiger partial charge in [-0.05, 0) is 58.9 Å². The minimum absolute atomic E-state index is 0.700. The highest BCUT2D eigenvalue weighted by molar-refractivity contribution is 9.10. The third kappa shape index (κ3) is 1.93. The third-order valence-corrected chi connectivity index (χ3v) is 3.04. The zero-order valence-corrected chi connectivity index (χ0v) is 9.64. The predicted molar refractivity (Wildman–Crippen MR) is 60.7 cm³/mol. The molecule has 0 aromatic heterocycles. The Hall–Kier alpha value is -0.540. The van der Waals surface area contributed by atoms with Gasteiger partial charge in [0.15, 0.2) is 0 Å². The Labute approximate surface area is 92.6 Å². The highest BCUT2D eigenvalue weighted by Gasteiger charge is 2.14. The summed E-state index contributed by atoms with van der Waals surface area (Å²) >= 11 is 3.54. The van der Waals surface area contributed by atoms with E-state index in [1.807, 2.05) is 0 Å². The summed E-state index contributed by atoms with van der Waals surface area (Å²) in [5.41, 5.74) is 8.15. The first-order valence-electron chi connectivity index (χ1n) is 4.95. The minimum Gasteiger partial charge on any atom is -0.492 e. The van der Waals surface area contributed by atoms with Gasteiger partial charge in [-0.15, -0.1) is 0 Å². The van der Waals surface area contributed by atoms with Crippen LogP contribution < -0.4 is 10.5 Å². The Kier molecular flexibility index (Phi) is 3.08. The summed E-state index contributed by atoms with van der Waals surface area (Å²) in [6.07, 6.45) is 3.17. The number of nitrogens with two attached hydrogens (primary N) is 1. The van der Waals surface area contributed by atoms with Crippen LogP contribution >= 0.6 is 15.9 Å². The second-order valence-corrected chi connectivity index (χ2v) is 4.41. The average Bonchev–Trinajstić information content (AvgIpc) is 2.18. The molecule has 2 rings (SSSR count). The van der Waals surface area contributed by atoms with Crippen molar-refractivity contribution < 1.29 is 4.74 Å². The van der Waals surface area contributed by atoms with E-state index in [-0.39, 0.29) is 0 Å². The van der Waals surface area contributed by atoms with Crippen molar-refractivity contribution in [3.05, 3.63) is 27.7 Å². The Bertz CT molecular complexity index is 338. The summed E-state index contributed by atoms with van der Waals surface area (Å²) < 4.78 is 6.68. The molecule has 3 heteroatoms. The zero-order chi connectivity index (χ0) is 9.97. The molecule has 14 heavy (non-hydrogen) atoms. The second-order valence-electron chi connectivity index (χ2n) is 3.56. The van der Waals surface area contributed by atoms with Crippen molar-refractivity contribution in [1.29, 1.82) is 0 Å². The molecule has 0 fully saturated rings. The maximum Gasteiger partial charge on any atom is 0.136 e. The van der Waals surface area contributed by atoms with Crippen molar-refractivity contribution in [2.45, 2.75) is 19.3 Å². The number of aryl methyl sites for hydroxylation is 1. The lowest BCUT2D eigenvalue weighted by Crippen LogP contribution is -2.10. The predicted octanol–water partition coefficient (Wildman–Crippen LogP) is 2.28. The Balaban J connectivity index is 2.36. The summed E-state index contributed by atoms with van der Waals surface area (Å²) in [6, 6.07) is 4.32. The molecule has 1 heterocycles. The van der Waals surface area contributed by atoms with Crippen LogP contribution in [0.25, 0.3) is 0 Å². The van der Waals surface area contributed by atoms with Gasteiger partial charge in [0.2, 0.25) is 0 Å². The Morgan fingerprint density at radius 2 is 2.29 bits per heavy atom. The van der Waals surface area contributed by atoms with Crippen molar-refractivity contribution in [2.75, 3.05) is 13.2 Å². The molecule has 1 aliphatic heterocycles. The van der Waals surface area contributed by atoms with E-state index in [0.29, 0.717) is 6.54 Å². The SMILES string of the molecule is NCCc1cc(Br)c2c(c1)CCCO2. The summed E-state index contributed by atoms with van der Waals surface area (Å²) in [5, 5.41) is 0. The van der Waals surface area contributed by atoms with Crippen molar-refractivity contribution >= 4 is 15.9 Å². The molecule has 2 N–H and O–H groups in total. The molecule has 0 saturated carbocycles. The summed E-state index contributed by atoms with van der Waals surface area (Å²) in [4.78, 5) is 0. The smallest absolute Gasteiger partial charge is 0.136 e. The normalized spacial score (nSPS) is 14.7. The molecular formula is C11H14BrNO. The molecule has 0 unspecified atom stereocenters. The number of hydrogen-bond acceptors (Lipinski definition) is 2. The van der Waals surface area contributed by atoms with Crippen LogP contribution in [-0.2, 0) is 12.8 Å². The molecular weight excluding hydrogens is 242 g/mol. The molecule has 0 radical (unpaired) electrons. The van der Waals surface area contributed by atoms with Gasteiger partial charge in [0, 0.05) is 0 Å². The molecule has 1 aliphatic rings. The van der Waals surface area contributed by atoms with Crippen molar-refractivity contribution in [3.63, 3.8) is 0 Å².